The van der Waals surface area contributed by atoms with Crippen molar-refractivity contribution < 1.29 is 8.91 Å². The van der Waals surface area contributed by atoms with Crippen molar-refractivity contribution in [2.75, 3.05) is 0 Å². The molecule has 7 heteroatoms. The smallest absolute Gasteiger partial charge is 0.268 e. The summed E-state index contributed by atoms with van der Waals surface area (Å²) in [5.41, 5.74) is 0.518. The van der Waals surface area contributed by atoms with E-state index < -0.39 is 0 Å². The van der Waals surface area contributed by atoms with Crippen LogP contribution in [0, 0.1) is 17.1 Å². The van der Waals surface area contributed by atoms with Gasteiger partial charge in [0, 0.05) is 10.0 Å². The lowest BCUT2D eigenvalue weighted by atomic mass is 10.2. The summed E-state index contributed by atoms with van der Waals surface area (Å²) in [5, 5.41) is 12.6. The average molecular weight is 350 g/mol. The van der Waals surface area contributed by atoms with E-state index in [9.17, 15) is 4.39 Å². The zero-order valence-corrected chi connectivity index (χ0v) is 12.2. The number of hydrogen-bond donors (Lipinski definition) is 0. The number of hydrogen-bond acceptors (Lipinski definition) is 5. The van der Waals surface area contributed by atoms with E-state index in [0.717, 1.165) is 0 Å². The van der Waals surface area contributed by atoms with E-state index in [1.807, 2.05) is 6.07 Å². The molecule has 0 atom stereocenters. The standard InChI is InChI=1S/C13H5BrFN3OS/c14-8-3-7(4-9(15)5-8)12-17-13(19-18-12)11-2-1-10(6-16)20-11/h1-5H. The molecule has 0 bridgehead atoms. The molecule has 0 radical (unpaired) electrons. The maximum Gasteiger partial charge on any atom is 0.268 e. The first-order valence-corrected chi connectivity index (χ1v) is 7.07. The number of rotatable bonds is 2. The zero-order chi connectivity index (χ0) is 14.1. The highest BCUT2D eigenvalue weighted by Gasteiger charge is 2.13. The van der Waals surface area contributed by atoms with Gasteiger partial charge >= 0.3 is 0 Å². The summed E-state index contributed by atoms with van der Waals surface area (Å²) in [4.78, 5) is 5.48. The minimum absolute atomic E-state index is 0.298. The summed E-state index contributed by atoms with van der Waals surface area (Å²) in [7, 11) is 0. The van der Waals surface area contributed by atoms with Gasteiger partial charge in [0.1, 0.15) is 16.8 Å². The van der Waals surface area contributed by atoms with Gasteiger partial charge in [-0.1, -0.05) is 21.1 Å². The van der Waals surface area contributed by atoms with Gasteiger partial charge in [0.15, 0.2) is 0 Å². The number of nitriles is 1. The maximum absolute atomic E-state index is 13.3. The first-order chi connectivity index (χ1) is 9.65. The molecule has 3 aromatic rings. The van der Waals surface area contributed by atoms with Crippen LogP contribution in [0.1, 0.15) is 4.88 Å². The number of thiophene rings is 1. The Morgan fingerprint density at radius 1 is 1.30 bits per heavy atom. The molecule has 20 heavy (non-hydrogen) atoms. The Morgan fingerprint density at radius 3 is 2.85 bits per heavy atom. The van der Waals surface area contributed by atoms with Gasteiger partial charge in [-0.05, 0) is 30.3 Å². The molecule has 0 aliphatic carbocycles. The van der Waals surface area contributed by atoms with E-state index in [-0.39, 0.29) is 5.82 Å². The highest BCUT2D eigenvalue weighted by molar-refractivity contribution is 9.10. The molecule has 0 fully saturated rings. The highest BCUT2D eigenvalue weighted by atomic mass is 79.9. The summed E-state index contributed by atoms with van der Waals surface area (Å²) < 4.78 is 19.1. The predicted octanol–water partition coefficient (Wildman–Crippen LogP) is 4.24. The molecule has 2 aromatic heterocycles. The van der Waals surface area contributed by atoms with Gasteiger partial charge in [0.25, 0.3) is 5.89 Å². The average Bonchev–Trinajstić information content (AvgIpc) is 3.06. The Bertz CT molecular complexity index is 801. The summed E-state index contributed by atoms with van der Waals surface area (Å²) >= 11 is 4.47. The van der Waals surface area contributed by atoms with Gasteiger partial charge < -0.3 is 4.52 Å². The lowest BCUT2D eigenvalue weighted by Gasteiger charge is -1.96. The fourth-order valence-electron chi connectivity index (χ4n) is 1.64. The summed E-state index contributed by atoms with van der Waals surface area (Å²) in [6.07, 6.45) is 0. The van der Waals surface area contributed by atoms with Crippen molar-refractivity contribution in [2.45, 2.75) is 0 Å². The van der Waals surface area contributed by atoms with Gasteiger partial charge in [-0.15, -0.1) is 11.3 Å². The van der Waals surface area contributed by atoms with Crippen molar-refractivity contribution in [3.05, 3.63) is 45.5 Å². The Balaban J connectivity index is 1.99. The largest absolute Gasteiger partial charge is 0.333 e. The number of nitrogens with zero attached hydrogens (tertiary/aromatic N) is 3. The molecule has 2 heterocycles. The molecule has 0 saturated carbocycles. The minimum Gasteiger partial charge on any atom is -0.333 e. The predicted molar refractivity (Wildman–Crippen MR) is 75.4 cm³/mol. The molecule has 3 rings (SSSR count). The van der Waals surface area contributed by atoms with Crippen LogP contribution < -0.4 is 0 Å². The van der Waals surface area contributed by atoms with E-state index in [2.05, 4.69) is 26.1 Å². The quantitative estimate of drug-likeness (QED) is 0.694. The molecule has 4 nitrogen and oxygen atoms in total. The summed E-state index contributed by atoms with van der Waals surface area (Å²) in [6, 6.07) is 9.84. The van der Waals surface area contributed by atoms with Crippen molar-refractivity contribution in [3.63, 3.8) is 0 Å². The second kappa shape index (κ2) is 5.15. The summed E-state index contributed by atoms with van der Waals surface area (Å²) in [6.45, 7) is 0. The molecular formula is C13H5BrFN3OS. The highest BCUT2D eigenvalue weighted by Crippen LogP contribution is 2.29. The SMILES string of the molecule is N#Cc1ccc(-c2nc(-c3cc(F)cc(Br)c3)no2)s1. The third-order valence-corrected chi connectivity index (χ3v) is 3.91. The third kappa shape index (κ3) is 2.48. The molecule has 0 spiro atoms. The lowest BCUT2D eigenvalue weighted by molar-refractivity contribution is 0.433. The number of halogens is 2. The Labute approximate surface area is 125 Å². The van der Waals surface area contributed by atoms with Crippen LogP contribution in [0.5, 0.6) is 0 Å². The lowest BCUT2D eigenvalue weighted by Crippen LogP contribution is -1.83. The number of benzene rings is 1. The second-order valence-corrected chi connectivity index (χ2v) is 5.86. The Morgan fingerprint density at radius 2 is 2.15 bits per heavy atom. The molecule has 1 aromatic carbocycles. The topological polar surface area (TPSA) is 62.7 Å². The first kappa shape index (κ1) is 13.0. The molecular weight excluding hydrogens is 345 g/mol. The van der Waals surface area contributed by atoms with Crippen LogP contribution in [-0.2, 0) is 0 Å². The Hall–Kier alpha value is -2.04. The van der Waals surface area contributed by atoms with E-state index in [1.54, 1.807) is 18.2 Å². The normalized spacial score (nSPS) is 10.4. The van der Waals surface area contributed by atoms with E-state index >= 15 is 0 Å². The monoisotopic (exact) mass is 349 g/mol. The van der Waals surface area contributed by atoms with Crippen molar-refractivity contribution in [2.24, 2.45) is 0 Å². The van der Waals surface area contributed by atoms with Gasteiger partial charge in [0.05, 0.1) is 4.88 Å². The molecule has 0 amide bonds. The van der Waals surface area contributed by atoms with E-state index in [0.29, 0.717) is 31.5 Å². The number of aromatic nitrogens is 2. The van der Waals surface area contributed by atoms with Gasteiger partial charge in [-0.3, -0.25) is 0 Å². The van der Waals surface area contributed by atoms with Crippen molar-refractivity contribution in [1.82, 2.24) is 10.1 Å². The van der Waals surface area contributed by atoms with Gasteiger partial charge in [-0.25, -0.2) is 4.39 Å². The molecule has 0 saturated heterocycles. The van der Waals surface area contributed by atoms with Crippen LogP contribution in [0.25, 0.3) is 22.2 Å². The molecule has 98 valence electrons. The van der Waals surface area contributed by atoms with Crippen molar-refractivity contribution in [1.29, 1.82) is 5.26 Å². The molecule has 0 aliphatic heterocycles. The van der Waals surface area contributed by atoms with E-state index in [1.165, 1.54) is 23.5 Å². The maximum atomic E-state index is 13.3. The van der Waals surface area contributed by atoms with Crippen LogP contribution in [0.2, 0.25) is 0 Å². The zero-order valence-electron chi connectivity index (χ0n) is 9.80. The fourth-order valence-corrected chi connectivity index (χ4v) is 2.83. The van der Waals surface area contributed by atoms with Crippen LogP contribution in [-0.4, -0.2) is 10.1 Å². The van der Waals surface area contributed by atoms with Gasteiger partial charge in [0.2, 0.25) is 5.82 Å². The van der Waals surface area contributed by atoms with Crippen molar-refractivity contribution >= 4 is 27.3 Å². The molecule has 0 N–H and O–H groups in total. The molecule has 0 unspecified atom stereocenters. The third-order valence-electron chi connectivity index (χ3n) is 2.47. The molecule has 0 aliphatic rings. The Kier molecular flexibility index (Phi) is 3.34. The fraction of sp³-hybridized carbons (Fsp3) is 0. The van der Waals surface area contributed by atoms with Crippen LogP contribution in [0.4, 0.5) is 4.39 Å². The minimum atomic E-state index is -0.386. The summed E-state index contributed by atoms with van der Waals surface area (Å²) in [5.74, 6) is 0.225. The van der Waals surface area contributed by atoms with Crippen LogP contribution >= 0.6 is 27.3 Å². The van der Waals surface area contributed by atoms with Gasteiger partial charge in [-0.2, -0.15) is 10.2 Å². The first-order valence-electron chi connectivity index (χ1n) is 5.46. The van der Waals surface area contributed by atoms with Crippen LogP contribution in [0.15, 0.2) is 39.3 Å². The van der Waals surface area contributed by atoms with Crippen LogP contribution in [0.3, 0.4) is 0 Å². The van der Waals surface area contributed by atoms with E-state index in [4.69, 9.17) is 9.78 Å². The van der Waals surface area contributed by atoms with Crippen molar-refractivity contribution in [3.8, 4) is 28.2 Å². The second-order valence-electron chi connectivity index (χ2n) is 3.86.